The third-order valence-corrected chi connectivity index (χ3v) is 3.82. The van der Waals surface area contributed by atoms with Crippen LogP contribution >= 0.6 is 0 Å². The van der Waals surface area contributed by atoms with Crippen molar-refractivity contribution in [2.45, 2.75) is 77.6 Å². The predicted octanol–water partition coefficient (Wildman–Crippen LogP) is 5.55. The van der Waals surface area contributed by atoms with E-state index < -0.39 is 0 Å². The second-order valence-corrected chi connectivity index (χ2v) is 5.50. The van der Waals surface area contributed by atoms with E-state index in [2.05, 4.69) is 6.92 Å². The first-order chi connectivity index (χ1) is 9.38. The van der Waals surface area contributed by atoms with Gasteiger partial charge in [-0.3, -0.25) is 0 Å². The van der Waals surface area contributed by atoms with Gasteiger partial charge in [0.2, 0.25) is 0 Å². The molecule has 2 heteroatoms. The molecule has 1 aliphatic rings. The van der Waals surface area contributed by atoms with Crippen LogP contribution in [0.5, 0.6) is 0 Å². The zero-order chi connectivity index (χ0) is 13.8. The Kier molecular flexibility index (Phi) is 13.1. The van der Waals surface area contributed by atoms with Crippen molar-refractivity contribution in [3.05, 3.63) is 29.4 Å². The minimum atomic E-state index is 0. The summed E-state index contributed by atoms with van der Waals surface area (Å²) >= 11 is 0. The van der Waals surface area contributed by atoms with E-state index in [1.165, 1.54) is 69.8 Å². The first-order valence-corrected chi connectivity index (χ1v) is 8.01. The van der Waals surface area contributed by atoms with E-state index in [0.717, 1.165) is 12.0 Å². The minimum Gasteiger partial charge on any atom is -0.233 e. The summed E-state index contributed by atoms with van der Waals surface area (Å²) in [4.78, 5) is 10.6. The molecule has 20 heavy (non-hydrogen) atoms. The summed E-state index contributed by atoms with van der Waals surface area (Å²) in [6, 6.07) is 0. The molecule has 0 aromatic carbocycles. The molecule has 113 valence electrons. The van der Waals surface area contributed by atoms with Crippen LogP contribution in [0, 0.1) is 0 Å². The average Bonchev–Trinajstić information content (AvgIpc) is 2.88. The summed E-state index contributed by atoms with van der Waals surface area (Å²) in [6.45, 7) is 2.26. The van der Waals surface area contributed by atoms with E-state index >= 15 is 0 Å². The minimum absolute atomic E-state index is 0. The van der Waals surface area contributed by atoms with Crippen molar-refractivity contribution in [1.82, 2.24) is 0 Å². The zero-order valence-electron chi connectivity index (χ0n) is 12.8. The maximum absolute atomic E-state index is 10.6. The normalized spacial score (nSPS) is 13.1. The van der Waals surface area contributed by atoms with Crippen LogP contribution in [0.3, 0.4) is 0 Å². The van der Waals surface area contributed by atoms with Crippen LogP contribution in [0.15, 0.2) is 29.4 Å². The van der Waals surface area contributed by atoms with Crippen LogP contribution < -0.4 is 0 Å². The summed E-state index contributed by atoms with van der Waals surface area (Å²) in [7, 11) is 0. The molecule has 0 bridgehead atoms. The van der Waals surface area contributed by atoms with Crippen LogP contribution in [-0.4, -0.2) is 5.94 Å². The quantitative estimate of drug-likeness (QED) is 0.277. The Morgan fingerprint density at radius 3 is 2.00 bits per heavy atom. The van der Waals surface area contributed by atoms with Gasteiger partial charge < -0.3 is 0 Å². The van der Waals surface area contributed by atoms with Gasteiger partial charge in [0.05, 0.1) is 5.57 Å². The van der Waals surface area contributed by atoms with Crippen molar-refractivity contribution in [1.29, 1.82) is 0 Å². The van der Waals surface area contributed by atoms with Gasteiger partial charge in [0, 0.05) is 17.1 Å². The number of allylic oxidation sites excluding steroid dienone is 5. The molecule has 0 unspecified atom stereocenters. The van der Waals surface area contributed by atoms with E-state index in [0.29, 0.717) is 0 Å². The van der Waals surface area contributed by atoms with Gasteiger partial charge >= 0.3 is 0 Å². The Hall–Kier alpha value is -0.551. The summed E-state index contributed by atoms with van der Waals surface area (Å²) < 4.78 is 0. The summed E-state index contributed by atoms with van der Waals surface area (Å²) in [5.74, 6) is 2.01. The third kappa shape index (κ3) is 8.59. The van der Waals surface area contributed by atoms with E-state index in [9.17, 15) is 4.79 Å². The molecule has 0 spiro atoms. The van der Waals surface area contributed by atoms with E-state index in [-0.39, 0.29) is 17.1 Å². The summed E-state index contributed by atoms with van der Waals surface area (Å²) in [5.41, 5.74) is 1.94. The molecule has 0 amide bonds. The molecule has 0 fully saturated rings. The predicted molar refractivity (Wildman–Crippen MR) is 82.9 cm³/mol. The first kappa shape index (κ1) is 19.4. The molecule has 0 aromatic heterocycles. The standard InChI is InChI=1S/C18H28O.Mn/c1-2-3-4-5-6-7-8-9-10-11-13-17-14-12-15-18(17)16-19;/h12,14-15H,2-11,13H2,1H3;. The molecular formula is C18H28MnO. The van der Waals surface area contributed by atoms with Gasteiger partial charge in [0.25, 0.3) is 0 Å². The molecule has 0 atom stereocenters. The fourth-order valence-corrected chi connectivity index (χ4v) is 2.58. The number of unbranched alkanes of at least 4 members (excludes halogenated alkanes) is 9. The number of rotatable bonds is 11. The molecule has 0 aromatic rings. The van der Waals surface area contributed by atoms with Crippen LogP contribution in [-0.2, 0) is 21.9 Å². The second-order valence-electron chi connectivity index (χ2n) is 5.50. The van der Waals surface area contributed by atoms with Crippen LogP contribution in [0.4, 0.5) is 0 Å². The Bertz CT molecular complexity index is 348. The van der Waals surface area contributed by atoms with Crippen molar-refractivity contribution >= 4 is 5.94 Å². The van der Waals surface area contributed by atoms with Crippen LogP contribution in [0.1, 0.15) is 77.6 Å². The SMILES string of the molecule is CCCCCCCCCCCCC1=CC=CC1=C=O.[Mn]. The Labute approximate surface area is 135 Å². The van der Waals surface area contributed by atoms with Gasteiger partial charge in [-0.05, 0) is 24.5 Å². The Morgan fingerprint density at radius 1 is 0.900 bits per heavy atom. The maximum Gasteiger partial charge on any atom is 0.132 e. The van der Waals surface area contributed by atoms with Gasteiger partial charge in [0.1, 0.15) is 5.94 Å². The topological polar surface area (TPSA) is 17.1 Å². The van der Waals surface area contributed by atoms with Crippen molar-refractivity contribution < 1.29 is 21.9 Å². The molecule has 0 aliphatic heterocycles. The smallest absolute Gasteiger partial charge is 0.132 e. The third-order valence-electron chi connectivity index (χ3n) is 3.82. The molecule has 1 nitrogen and oxygen atoms in total. The number of hydrogen-bond donors (Lipinski definition) is 0. The fourth-order valence-electron chi connectivity index (χ4n) is 2.58. The molecule has 0 N–H and O–H groups in total. The van der Waals surface area contributed by atoms with Gasteiger partial charge in [-0.1, -0.05) is 76.9 Å². The van der Waals surface area contributed by atoms with Crippen molar-refractivity contribution in [2.75, 3.05) is 0 Å². The van der Waals surface area contributed by atoms with Gasteiger partial charge in [-0.15, -0.1) is 0 Å². The van der Waals surface area contributed by atoms with Crippen molar-refractivity contribution in [3.63, 3.8) is 0 Å². The molecule has 0 saturated carbocycles. The van der Waals surface area contributed by atoms with E-state index in [4.69, 9.17) is 0 Å². The van der Waals surface area contributed by atoms with Crippen molar-refractivity contribution in [2.24, 2.45) is 0 Å². The van der Waals surface area contributed by atoms with E-state index in [1.807, 2.05) is 24.2 Å². The molecule has 1 rings (SSSR count). The maximum atomic E-state index is 10.6. The second kappa shape index (κ2) is 13.4. The number of carbonyl (C=O) groups excluding carboxylic acids is 1. The van der Waals surface area contributed by atoms with Crippen LogP contribution in [0.2, 0.25) is 0 Å². The Morgan fingerprint density at radius 2 is 1.45 bits per heavy atom. The van der Waals surface area contributed by atoms with Gasteiger partial charge in [-0.25, -0.2) is 4.79 Å². The number of hydrogen-bond acceptors (Lipinski definition) is 1. The monoisotopic (exact) mass is 315 g/mol. The van der Waals surface area contributed by atoms with Gasteiger partial charge in [0.15, 0.2) is 0 Å². The van der Waals surface area contributed by atoms with Crippen LogP contribution in [0.25, 0.3) is 0 Å². The largest absolute Gasteiger partial charge is 0.233 e. The Balaban J connectivity index is 0.00000361. The van der Waals surface area contributed by atoms with E-state index in [1.54, 1.807) is 0 Å². The molecular weight excluding hydrogens is 287 g/mol. The van der Waals surface area contributed by atoms with Gasteiger partial charge in [-0.2, -0.15) is 0 Å². The summed E-state index contributed by atoms with van der Waals surface area (Å²) in [6.07, 6.45) is 20.5. The molecule has 0 heterocycles. The molecule has 0 saturated heterocycles. The molecule has 1 radical (unpaired) electrons. The fraction of sp³-hybridized carbons (Fsp3) is 0.667. The summed E-state index contributed by atoms with van der Waals surface area (Å²) in [5, 5.41) is 0. The first-order valence-electron chi connectivity index (χ1n) is 8.01. The van der Waals surface area contributed by atoms with Crippen molar-refractivity contribution in [3.8, 4) is 0 Å². The molecule has 1 aliphatic carbocycles. The average molecular weight is 315 g/mol. The zero-order valence-corrected chi connectivity index (χ0v) is 14.0.